The van der Waals surface area contributed by atoms with Gasteiger partial charge < -0.3 is 9.30 Å². The molecule has 5 aromatic rings. The molecule has 0 N–H and O–H groups in total. The van der Waals surface area contributed by atoms with E-state index in [2.05, 4.69) is 15.3 Å². The number of halogens is 3. The summed E-state index contributed by atoms with van der Waals surface area (Å²) in [7, 11) is 0. The van der Waals surface area contributed by atoms with Gasteiger partial charge in [-0.1, -0.05) is 72.4 Å². The largest absolute Gasteiger partial charge is 0.489 e. The normalized spacial score (nSPS) is 11.6. The summed E-state index contributed by atoms with van der Waals surface area (Å²) in [4.78, 5) is 0. The first-order valence-corrected chi connectivity index (χ1v) is 12.9. The second-order valence-electron chi connectivity index (χ2n) is 8.41. The topological polar surface area (TPSA) is 57.8 Å². The minimum absolute atomic E-state index is 0.109. The Labute approximate surface area is 222 Å². The van der Waals surface area contributed by atoms with Crippen LogP contribution in [0, 0.1) is 0 Å². The van der Waals surface area contributed by atoms with Crippen LogP contribution in [0.2, 0.25) is 0 Å². The summed E-state index contributed by atoms with van der Waals surface area (Å²) >= 11 is 1.41. The molecule has 0 unspecified atom stereocenters. The molecule has 2 aromatic heterocycles. The summed E-state index contributed by atoms with van der Waals surface area (Å²) in [5, 5.41) is 12.9. The number of ether oxygens (including phenoxy) is 1. The van der Waals surface area contributed by atoms with E-state index in [-0.39, 0.29) is 11.4 Å². The van der Waals surface area contributed by atoms with Crippen molar-refractivity contribution in [2.24, 2.45) is 0 Å². The van der Waals surface area contributed by atoms with Gasteiger partial charge in [0.25, 0.3) is 0 Å². The van der Waals surface area contributed by atoms with Gasteiger partial charge >= 0.3 is 6.18 Å². The number of alkyl halides is 3. The van der Waals surface area contributed by atoms with Crippen LogP contribution >= 0.6 is 11.8 Å². The zero-order valence-electron chi connectivity index (χ0n) is 20.5. The average Bonchev–Trinajstić information content (AvgIpc) is 3.56. The molecule has 0 aliphatic carbocycles. The first-order valence-electron chi connectivity index (χ1n) is 12.0. The fourth-order valence-corrected chi connectivity index (χ4v) is 4.96. The molecule has 2 heterocycles. The molecular formula is C28H24F3N5OS. The van der Waals surface area contributed by atoms with Crippen molar-refractivity contribution in [2.75, 3.05) is 0 Å². The third-order valence-electron chi connectivity index (χ3n) is 5.85. The molecular weight excluding hydrogens is 511 g/mol. The van der Waals surface area contributed by atoms with Gasteiger partial charge in [-0.3, -0.25) is 0 Å². The van der Waals surface area contributed by atoms with Crippen LogP contribution in [0.1, 0.15) is 23.7 Å². The van der Waals surface area contributed by atoms with Crippen molar-refractivity contribution in [3.05, 3.63) is 108 Å². The van der Waals surface area contributed by atoms with E-state index in [1.807, 2.05) is 61.5 Å². The lowest BCUT2D eigenvalue weighted by atomic mass is 10.2. The highest BCUT2D eigenvalue weighted by Crippen LogP contribution is 2.38. The first kappa shape index (κ1) is 25.6. The summed E-state index contributed by atoms with van der Waals surface area (Å²) in [5.41, 5.74) is 1.45. The van der Waals surface area contributed by atoms with Crippen LogP contribution in [0.3, 0.4) is 0 Å². The number of nitrogens with zero attached hydrogens (tertiary/aromatic N) is 5. The Morgan fingerprint density at radius 3 is 2.18 bits per heavy atom. The Hall–Kier alpha value is -4.05. The second-order valence-corrected chi connectivity index (χ2v) is 9.35. The monoisotopic (exact) mass is 535 g/mol. The van der Waals surface area contributed by atoms with E-state index in [9.17, 15) is 13.2 Å². The zero-order chi connectivity index (χ0) is 26.5. The number of aromatic nitrogens is 5. The van der Waals surface area contributed by atoms with Crippen LogP contribution in [-0.4, -0.2) is 24.5 Å². The maximum Gasteiger partial charge on any atom is 0.434 e. The van der Waals surface area contributed by atoms with Crippen LogP contribution in [0.4, 0.5) is 13.2 Å². The highest BCUT2D eigenvalue weighted by Gasteiger charge is 2.40. The minimum Gasteiger partial charge on any atom is -0.489 e. The Balaban J connectivity index is 1.33. The molecule has 0 spiro atoms. The molecule has 0 amide bonds. The highest BCUT2D eigenvalue weighted by atomic mass is 32.2. The van der Waals surface area contributed by atoms with Crippen molar-refractivity contribution in [3.8, 4) is 22.8 Å². The van der Waals surface area contributed by atoms with Crippen LogP contribution < -0.4 is 4.74 Å². The number of thioether (sulfide) groups is 1. The van der Waals surface area contributed by atoms with Gasteiger partial charge in [0.1, 0.15) is 12.4 Å². The molecule has 0 fully saturated rings. The first-order chi connectivity index (χ1) is 18.4. The van der Waals surface area contributed by atoms with E-state index in [1.165, 1.54) is 18.0 Å². The number of para-hydroxylation sites is 1. The van der Waals surface area contributed by atoms with Gasteiger partial charge in [-0.2, -0.15) is 18.3 Å². The smallest absolute Gasteiger partial charge is 0.434 e. The van der Waals surface area contributed by atoms with Crippen molar-refractivity contribution in [2.45, 2.75) is 37.2 Å². The van der Waals surface area contributed by atoms with Gasteiger partial charge in [-0.25, -0.2) is 4.68 Å². The number of hydrogen-bond donors (Lipinski definition) is 0. The average molecular weight is 536 g/mol. The van der Waals surface area contributed by atoms with Crippen molar-refractivity contribution in [1.29, 1.82) is 0 Å². The van der Waals surface area contributed by atoms with E-state index in [4.69, 9.17) is 4.74 Å². The Bertz CT molecular complexity index is 1480. The molecule has 194 valence electrons. The van der Waals surface area contributed by atoms with Crippen LogP contribution in [-0.2, 0) is 25.1 Å². The summed E-state index contributed by atoms with van der Waals surface area (Å²) < 4.78 is 51.0. The predicted octanol–water partition coefficient (Wildman–Crippen LogP) is 7.04. The maximum atomic E-state index is 14.2. The van der Waals surface area contributed by atoms with E-state index >= 15 is 0 Å². The fourth-order valence-electron chi connectivity index (χ4n) is 4.00. The quantitative estimate of drug-likeness (QED) is 0.190. The van der Waals surface area contributed by atoms with E-state index < -0.39 is 11.9 Å². The molecule has 3 aromatic carbocycles. The van der Waals surface area contributed by atoms with Gasteiger partial charge in [0, 0.05) is 12.3 Å². The molecule has 0 bridgehead atoms. The van der Waals surface area contributed by atoms with Gasteiger partial charge in [0.2, 0.25) is 0 Å². The number of rotatable bonds is 9. The summed E-state index contributed by atoms with van der Waals surface area (Å²) in [6, 6.07) is 25.9. The lowest BCUT2D eigenvalue weighted by molar-refractivity contribution is -0.142. The van der Waals surface area contributed by atoms with Crippen LogP contribution in [0.15, 0.2) is 96.3 Å². The van der Waals surface area contributed by atoms with Crippen molar-refractivity contribution in [3.63, 3.8) is 0 Å². The molecule has 0 saturated carbocycles. The molecule has 5 rings (SSSR count). The van der Waals surface area contributed by atoms with E-state index in [0.717, 1.165) is 21.6 Å². The molecule has 0 atom stereocenters. The van der Waals surface area contributed by atoms with Crippen molar-refractivity contribution < 1.29 is 17.9 Å². The minimum atomic E-state index is -4.64. The summed E-state index contributed by atoms with van der Waals surface area (Å²) in [6.07, 6.45) is -3.43. The third kappa shape index (κ3) is 5.60. The van der Waals surface area contributed by atoms with Gasteiger partial charge in [0.05, 0.1) is 17.4 Å². The van der Waals surface area contributed by atoms with E-state index in [1.54, 1.807) is 34.9 Å². The molecule has 6 nitrogen and oxygen atoms in total. The van der Waals surface area contributed by atoms with Gasteiger partial charge in [0.15, 0.2) is 16.7 Å². The Kier molecular flexibility index (Phi) is 7.50. The lowest BCUT2D eigenvalue weighted by Crippen LogP contribution is -2.15. The zero-order valence-corrected chi connectivity index (χ0v) is 21.3. The third-order valence-corrected chi connectivity index (χ3v) is 6.89. The Morgan fingerprint density at radius 1 is 0.842 bits per heavy atom. The molecule has 0 aliphatic rings. The molecule has 0 aliphatic heterocycles. The standard InChI is InChI=1S/C28H24F3N5OS/c1-2-35-26(24-17-32-36(25(24)28(29,30)31)22-11-7-4-8-12-22)33-34-27(35)38-19-21-13-15-23(16-14-21)37-18-20-9-5-3-6-10-20/h3-17H,2,18-19H2,1H3. The Morgan fingerprint density at radius 2 is 1.53 bits per heavy atom. The van der Waals surface area contributed by atoms with Crippen LogP contribution in [0.5, 0.6) is 5.75 Å². The lowest BCUT2D eigenvalue weighted by Gasteiger charge is -2.13. The number of benzene rings is 3. The van der Waals surface area contributed by atoms with Gasteiger partial charge in [-0.05, 0) is 42.3 Å². The predicted molar refractivity (Wildman–Crippen MR) is 140 cm³/mol. The van der Waals surface area contributed by atoms with Crippen molar-refractivity contribution >= 4 is 11.8 Å². The van der Waals surface area contributed by atoms with E-state index in [0.29, 0.717) is 29.7 Å². The fraction of sp³-hybridized carbons (Fsp3) is 0.179. The summed E-state index contributed by atoms with van der Waals surface area (Å²) in [6.45, 7) is 2.74. The molecule has 0 radical (unpaired) electrons. The second kappa shape index (κ2) is 11.1. The van der Waals surface area contributed by atoms with Crippen molar-refractivity contribution in [1.82, 2.24) is 24.5 Å². The molecule has 10 heteroatoms. The molecule has 0 saturated heterocycles. The summed E-state index contributed by atoms with van der Waals surface area (Å²) in [5.74, 6) is 1.47. The maximum absolute atomic E-state index is 14.2. The van der Waals surface area contributed by atoms with Crippen LogP contribution in [0.25, 0.3) is 17.1 Å². The highest BCUT2D eigenvalue weighted by molar-refractivity contribution is 7.98. The SMILES string of the molecule is CCn1c(SCc2ccc(OCc3ccccc3)cc2)nnc1-c1cnn(-c2ccccc2)c1C(F)(F)F. The van der Waals surface area contributed by atoms with Gasteiger partial charge in [-0.15, -0.1) is 10.2 Å². The molecule has 38 heavy (non-hydrogen) atoms. The number of hydrogen-bond acceptors (Lipinski definition) is 5.